The number of ether oxygens (including phenoxy) is 6. The molecule has 0 aliphatic carbocycles. The lowest BCUT2D eigenvalue weighted by Gasteiger charge is -2.14. The van der Waals surface area contributed by atoms with Crippen molar-refractivity contribution in [2.75, 3.05) is 46.1 Å². The van der Waals surface area contributed by atoms with Crippen LogP contribution in [-0.2, 0) is 24.8 Å². The number of hydrogen-bond acceptors (Lipinski definition) is 22. The number of anilines is 2. The van der Waals surface area contributed by atoms with E-state index in [4.69, 9.17) is 42.5 Å². The van der Waals surface area contributed by atoms with Gasteiger partial charge in [0.2, 0.25) is 35.4 Å². The number of hydrogen-bond donors (Lipinski definition) is 5. The minimum atomic E-state index is -4.71. The molecule has 6 aromatic rings. The van der Waals surface area contributed by atoms with E-state index in [0.29, 0.717) is 16.8 Å². The third kappa shape index (κ3) is 18.3. The highest BCUT2D eigenvalue weighted by atomic mass is 35.5. The van der Waals surface area contributed by atoms with Crippen LogP contribution in [0.15, 0.2) is 101 Å². The highest BCUT2D eigenvalue weighted by Crippen LogP contribution is 2.34. The number of urea groups is 2. The Morgan fingerprint density at radius 3 is 1.71 bits per heavy atom. The van der Waals surface area contributed by atoms with E-state index in [2.05, 4.69) is 44.4 Å². The SMILES string of the molecule is COC(=O)c1cc(Oc2ccc(Cl)cc2Cl)ccc1[N+](=O)[O-].COc1cc(OC)nc(NC(=O)NS(=O)(=O)c2ncccc2C(=O)N(C)C)n1.O=C(Nc1nc(OC(F)F)cc(OC(F)F)n1)NS(=O)(=O)c1ccccc1C(=O)O. The number of methoxy groups -OCH3 is 3. The molecule has 0 aliphatic heterocycles. The van der Waals surface area contributed by atoms with Crippen molar-refractivity contribution in [2.45, 2.75) is 23.1 Å². The Kier molecular flexibility index (Phi) is 22.3. The van der Waals surface area contributed by atoms with Gasteiger partial charge in [0.1, 0.15) is 22.0 Å². The van der Waals surface area contributed by atoms with Gasteiger partial charge in [-0.25, -0.2) is 42.0 Å². The number of benzene rings is 3. The van der Waals surface area contributed by atoms with Crippen molar-refractivity contribution >= 4 is 90.7 Å². The van der Waals surface area contributed by atoms with Crippen LogP contribution in [0.3, 0.4) is 0 Å². The third-order valence-electron chi connectivity index (χ3n) is 8.86. The average molecular weight is 1210 g/mol. The number of nitrogens with zero attached hydrogens (tertiary/aromatic N) is 7. The molecule has 3 aromatic heterocycles. The number of rotatable bonds is 18. The summed E-state index contributed by atoms with van der Waals surface area (Å²) in [7, 11) is -2.43. The normalized spacial score (nSPS) is 10.8. The minimum Gasteiger partial charge on any atom is -0.481 e. The molecule has 29 nitrogen and oxygen atoms in total. The summed E-state index contributed by atoms with van der Waals surface area (Å²) in [6.07, 6.45) is 1.19. The van der Waals surface area contributed by atoms with Crippen LogP contribution in [0.2, 0.25) is 10.0 Å². The number of sulfonamides is 2. The highest BCUT2D eigenvalue weighted by molar-refractivity contribution is 7.90. The number of amides is 5. The highest BCUT2D eigenvalue weighted by Gasteiger charge is 2.28. The zero-order chi connectivity index (χ0) is 59.6. The van der Waals surface area contributed by atoms with Crippen molar-refractivity contribution in [3.63, 3.8) is 0 Å². The fourth-order valence-corrected chi connectivity index (χ4v) is 8.21. The molecular formula is C43H37Cl2F4N11O18S2. The molecule has 5 N–H and O–H groups in total. The topological polar surface area (TPSA) is 388 Å². The quantitative estimate of drug-likeness (QED) is 0.0266. The fraction of sp³-hybridized carbons (Fsp3) is 0.163. The second-order valence-electron chi connectivity index (χ2n) is 14.5. The van der Waals surface area contributed by atoms with E-state index in [1.54, 1.807) is 22.2 Å². The van der Waals surface area contributed by atoms with Crippen molar-refractivity contribution in [1.82, 2.24) is 39.3 Å². The van der Waals surface area contributed by atoms with E-state index in [9.17, 15) is 68.5 Å². The number of alkyl halides is 4. The van der Waals surface area contributed by atoms with Crippen molar-refractivity contribution < 1.29 is 96.8 Å². The number of aromatic nitrogens is 5. The standard InChI is InChI=1S/C15H18N6O6S.C14H9Cl2NO5.C14H10F4N4O7S/c1-21(2)13(22)9-6-5-7-16-12(9)28(24,25)20-15(23)19-14-17-10(26-3)8-11(18-14)27-4;1-21-14(18)10-7-9(3-4-12(10)17(19)20)22-13-5-2-8(15)6-11(13)16;15-11(16)28-8-5-9(29-12(17)18)20-13(19-8)21-14(25)22-30(26,27)7-4-2-1-3-6(7)10(23)24/h5-8H,1-4H3,(H2,17,18,19,20,23);2-7H,1H3;1-5,11-12H,(H,23,24)(H2,19,20,21,22,25). The van der Waals surface area contributed by atoms with Gasteiger partial charge >= 0.3 is 37.2 Å². The minimum absolute atomic E-state index is 0.0913. The predicted molar refractivity (Wildman–Crippen MR) is 266 cm³/mol. The Balaban J connectivity index is 0.000000261. The maximum absolute atomic E-state index is 12.5. The summed E-state index contributed by atoms with van der Waals surface area (Å²) in [5.41, 5.74) is -1.42. The molecule has 37 heteroatoms. The Morgan fingerprint density at radius 2 is 1.21 bits per heavy atom. The summed E-state index contributed by atoms with van der Waals surface area (Å²) in [6, 6.07) is 14.5. The number of pyridine rings is 1. The van der Waals surface area contributed by atoms with Crippen molar-refractivity contribution in [1.29, 1.82) is 0 Å². The molecule has 0 aliphatic rings. The molecule has 80 heavy (non-hydrogen) atoms. The number of carbonyl (C=O) groups excluding carboxylic acids is 4. The second kappa shape index (κ2) is 28.2. The van der Waals surface area contributed by atoms with Crippen LogP contribution < -0.4 is 43.8 Å². The molecule has 3 heterocycles. The largest absolute Gasteiger partial charge is 0.481 e. The predicted octanol–water partition coefficient (Wildman–Crippen LogP) is 6.47. The Labute approximate surface area is 457 Å². The first-order valence-electron chi connectivity index (χ1n) is 21.0. The van der Waals surface area contributed by atoms with Crippen LogP contribution in [-0.4, -0.2) is 135 Å². The van der Waals surface area contributed by atoms with Crippen LogP contribution >= 0.6 is 23.2 Å². The summed E-state index contributed by atoms with van der Waals surface area (Å²) >= 11 is 11.8. The van der Waals surface area contributed by atoms with Crippen molar-refractivity contribution in [3.8, 4) is 35.0 Å². The van der Waals surface area contributed by atoms with Gasteiger partial charge in [-0.1, -0.05) is 35.3 Å². The van der Waals surface area contributed by atoms with Gasteiger partial charge in [0.25, 0.3) is 31.6 Å². The second-order valence-corrected chi connectivity index (χ2v) is 18.6. The Hall–Kier alpha value is -9.48. The van der Waals surface area contributed by atoms with Crippen LogP contribution in [0, 0.1) is 10.1 Å². The first-order chi connectivity index (χ1) is 37.6. The maximum atomic E-state index is 12.5. The first kappa shape index (κ1) is 63.1. The molecule has 0 saturated heterocycles. The number of nitro groups is 1. The number of nitro benzene ring substituents is 1. The lowest BCUT2D eigenvalue weighted by atomic mass is 10.1. The molecule has 6 rings (SSSR count). The first-order valence-corrected chi connectivity index (χ1v) is 24.7. The monoisotopic (exact) mass is 1210 g/mol. The van der Waals surface area contributed by atoms with Gasteiger partial charge in [0.05, 0.1) is 54.5 Å². The molecule has 0 spiro atoms. The van der Waals surface area contributed by atoms with E-state index in [1.807, 2.05) is 0 Å². The molecular weight excluding hydrogens is 1170 g/mol. The molecule has 0 unspecified atom stereocenters. The molecule has 5 amide bonds. The van der Waals surface area contributed by atoms with Crippen LogP contribution in [0.1, 0.15) is 31.1 Å². The van der Waals surface area contributed by atoms with Crippen LogP contribution in [0.5, 0.6) is 35.0 Å². The average Bonchev–Trinajstić information content (AvgIpc) is 3.39. The molecule has 0 atom stereocenters. The molecule has 0 fully saturated rings. The molecule has 3 aromatic carbocycles. The molecule has 426 valence electrons. The summed E-state index contributed by atoms with van der Waals surface area (Å²) in [5, 5.41) is 23.9. The van der Waals surface area contributed by atoms with Crippen LogP contribution in [0.25, 0.3) is 0 Å². The van der Waals surface area contributed by atoms with Gasteiger partial charge in [-0.2, -0.15) is 45.9 Å². The molecule has 0 saturated carbocycles. The van der Waals surface area contributed by atoms with Crippen molar-refractivity contribution in [2.24, 2.45) is 0 Å². The van der Waals surface area contributed by atoms with Gasteiger partial charge in [0.15, 0.2) is 5.03 Å². The maximum Gasteiger partial charge on any atom is 0.388 e. The number of esters is 1. The molecule has 0 radical (unpaired) electrons. The van der Waals surface area contributed by atoms with E-state index in [0.717, 1.165) is 25.3 Å². The third-order valence-corrected chi connectivity index (χ3v) is 12.1. The smallest absolute Gasteiger partial charge is 0.388 e. The number of aromatic carboxylic acids is 1. The van der Waals surface area contributed by atoms with E-state index >= 15 is 0 Å². The fourth-order valence-electron chi connectivity index (χ4n) is 5.62. The number of carboxylic acid groups (broad SMARTS) is 1. The Morgan fingerprint density at radius 1 is 0.688 bits per heavy atom. The summed E-state index contributed by atoms with van der Waals surface area (Å²) in [5.74, 6) is -5.44. The van der Waals surface area contributed by atoms with Gasteiger partial charge in [0, 0.05) is 37.4 Å². The zero-order valence-corrected chi connectivity index (χ0v) is 44.1. The summed E-state index contributed by atoms with van der Waals surface area (Å²) < 4.78 is 130. The Bertz CT molecular complexity index is 3470. The van der Waals surface area contributed by atoms with Gasteiger partial charge in [-0.05, 0) is 48.5 Å². The number of carbonyl (C=O) groups is 5. The van der Waals surface area contributed by atoms with Crippen LogP contribution in [0.4, 0.5) is 44.7 Å². The zero-order valence-electron chi connectivity index (χ0n) is 40.9. The van der Waals surface area contributed by atoms with E-state index < -0.39 is 101 Å². The van der Waals surface area contributed by atoms with E-state index in [1.165, 1.54) is 92.7 Å². The van der Waals surface area contributed by atoms with Gasteiger partial charge in [-0.15, -0.1) is 0 Å². The van der Waals surface area contributed by atoms with E-state index in [-0.39, 0.29) is 45.3 Å². The number of halogens is 6. The lowest BCUT2D eigenvalue weighted by molar-refractivity contribution is -0.385. The lowest BCUT2D eigenvalue weighted by Crippen LogP contribution is -2.36. The number of carboxylic acids is 1. The summed E-state index contributed by atoms with van der Waals surface area (Å²) in [4.78, 5) is 87.7. The summed E-state index contributed by atoms with van der Waals surface area (Å²) in [6.45, 7) is -6.82. The van der Waals surface area contributed by atoms with Gasteiger partial charge in [-0.3, -0.25) is 25.5 Å². The molecule has 0 bridgehead atoms. The van der Waals surface area contributed by atoms with Gasteiger partial charge < -0.3 is 38.4 Å². The van der Waals surface area contributed by atoms with Crippen molar-refractivity contribution in [3.05, 3.63) is 128 Å². The number of nitrogens with one attached hydrogen (secondary N) is 4.